The van der Waals surface area contributed by atoms with Crippen molar-refractivity contribution in [1.82, 2.24) is 0 Å². The Kier molecular flexibility index (Phi) is 65.1. The Bertz CT molecular complexity index is 1300. The van der Waals surface area contributed by atoms with Crippen molar-refractivity contribution in [1.29, 1.82) is 0 Å². The van der Waals surface area contributed by atoms with E-state index in [1.54, 1.807) is 0 Å². The van der Waals surface area contributed by atoms with Crippen LogP contribution in [0.3, 0.4) is 0 Å². The molecule has 0 aliphatic carbocycles. The van der Waals surface area contributed by atoms with E-state index in [-0.39, 0.29) is 31.1 Å². The molecule has 6 nitrogen and oxygen atoms in total. The summed E-state index contributed by atoms with van der Waals surface area (Å²) in [5.74, 6) is -0.855. The monoisotopic (exact) mass is 1100 g/mol. The van der Waals surface area contributed by atoms with E-state index in [1.807, 2.05) is 0 Å². The molecule has 0 aromatic carbocycles. The van der Waals surface area contributed by atoms with Crippen molar-refractivity contribution >= 4 is 17.9 Å². The van der Waals surface area contributed by atoms with Gasteiger partial charge in [-0.25, -0.2) is 0 Å². The average molecular weight is 1100 g/mol. The summed E-state index contributed by atoms with van der Waals surface area (Å²) >= 11 is 0. The Morgan fingerprint density at radius 1 is 0.256 bits per heavy atom. The second-order valence-corrected chi connectivity index (χ2v) is 23.8. The summed E-state index contributed by atoms with van der Waals surface area (Å²) in [5.41, 5.74) is 0. The smallest absolute Gasteiger partial charge is 0.306 e. The molecular weight excluding hydrogens is 961 g/mol. The van der Waals surface area contributed by atoms with E-state index in [0.29, 0.717) is 19.3 Å². The number of ether oxygens (including phenoxy) is 3. The molecular formula is C72H134O6. The lowest BCUT2D eigenvalue weighted by atomic mass is 10.0. The van der Waals surface area contributed by atoms with Gasteiger partial charge in [0, 0.05) is 19.3 Å². The molecule has 78 heavy (non-hydrogen) atoms. The third-order valence-corrected chi connectivity index (χ3v) is 15.9. The van der Waals surface area contributed by atoms with Crippen LogP contribution in [0.25, 0.3) is 0 Å². The fourth-order valence-electron chi connectivity index (χ4n) is 10.6. The SMILES string of the molecule is CCCCC/C=C\C/C=C\C/C=C\CCCCCCCCC(=O)OC(COC(=O)CCCCCCCCCCCCCCCCC)COC(=O)CCCCCCCCCCCCCCCCCCCCCCCCCCCC. The summed E-state index contributed by atoms with van der Waals surface area (Å²) in [4.78, 5) is 38.4. The normalized spacial score (nSPS) is 12.2. The number of hydrogen-bond acceptors (Lipinski definition) is 6. The summed E-state index contributed by atoms with van der Waals surface area (Å²) in [6.45, 7) is 6.68. The van der Waals surface area contributed by atoms with Crippen LogP contribution in [-0.2, 0) is 28.6 Å². The first-order valence-electron chi connectivity index (χ1n) is 35.0. The number of hydrogen-bond donors (Lipinski definition) is 0. The van der Waals surface area contributed by atoms with E-state index in [9.17, 15) is 14.4 Å². The number of allylic oxidation sites excluding steroid dienone is 6. The second kappa shape index (κ2) is 67.1. The molecule has 0 aromatic heterocycles. The highest BCUT2D eigenvalue weighted by molar-refractivity contribution is 5.71. The third-order valence-electron chi connectivity index (χ3n) is 15.9. The molecule has 0 bridgehead atoms. The predicted molar refractivity (Wildman–Crippen MR) is 339 cm³/mol. The highest BCUT2D eigenvalue weighted by Crippen LogP contribution is 2.19. The number of unbranched alkanes of at least 4 members (excludes halogenated alkanes) is 48. The zero-order valence-corrected chi connectivity index (χ0v) is 52.7. The molecule has 1 atom stereocenters. The summed E-state index contributed by atoms with van der Waals surface area (Å²) in [6.07, 6.45) is 83.1. The largest absolute Gasteiger partial charge is 0.462 e. The van der Waals surface area contributed by atoms with E-state index in [2.05, 4.69) is 57.2 Å². The van der Waals surface area contributed by atoms with Crippen molar-refractivity contribution in [3.05, 3.63) is 36.5 Å². The lowest BCUT2D eigenvalue weighted by Crippen LogP contribution is -2.30. The lowest BCUT2D eigenvalue weighted by molar-refractivity contribution is -0.167. The van der Waals surface area contributed by atoms with Crippen LogP contribution in [0.2, 0.25) is 0 Å². The minimum atomic E-state index is -0.777. The molecule has 0 saturated heterocycles. The molecule has 0 spiro atoms. The van der Waals surface area contributed by atoms with E-state index >= 15 is 0 Å². The third kappa shape index (κ3) is 64.5. The number of rotatable bonds is 65. The van der Waals surface area contributed by atoms with E-state index in [4.69, 9.17) is 14.2 Å². The molecule has 0 heterocycles. The van der Waals surface area contributed by atoms with Gasteiger partial charge in [0.05, 0.1) is 0 Å². The Labute approximate surface area is 486 Å². The van der Waals surface area contributed by atoms with Crippen LogP contribution in [-0.4, -0.2) is 37.2 Å². The van der Waals surface area contributed by atoms with Crippen molar-refractivity contribution in [2.24, 2.45) is 0 Å². The number of carbonyl (C=O) groups is 3. The van der Waals surface area contributed by atoms with Crippen LogP contribution >= 0.6 is 0 Å². The van der Waals surface area contributed by atoms with Gasteiger partial charge >= 0.3 is 17.9 Å². The molecule has 6 heteroatoms. The van der Waals surface area contributed by atoms with Crippen molar-refractivity contribution in [3.8, 4) is 0 Å². The highest BCUT2D eigenvalue weighted by Gasteiger charge is 2.19. The zero-order valence-electron chi connectivity index (χ0n) is 52.7. The minimum absolute atomic E-state index is 0.0719. The Morgan fingerprint density at radius 3 is 0.744 bits per heavy atom. The van der Waals surface area contributed by atoms with Gasteiger partial charge in [-0.1, -0.05) is 346 Å². The van der Waals surface area contributed by atoms with Crippen LogP contribution in [0.4, 0.5) is 0 Å². The van der Waals surface area contributed by atoms with Gasteiger partial charge in [-0.2, -0.15) is 0 Å². The first kappa shape index (κ1) is 75.6. The predicted octanol–water partition coefficient (Wildman–Crippen LogP) is 23.9. The zero-order chi connectivity index (χ0) is 56.4. The standard InChI is InChI=1S/C72H134O6/c1-4-7-10-13-16-19-22-25-28-30-32-33-34-35-36-37-38-40-41-44-47-50-53-56-59-62-65-71(74)77-68-69(67-76-70(73)64-61-58-55-52-49-46-43-27-24-21-18-15-12-9-6-3)78-72(75)66-63-60-57-54-51-48-45-42-39-31-29-26-23-20-17-14-11-8-5-2/h17,20,26,29,39,42,69H,4-16,18-19,21-25,27-28,30-38,40-41,43-68H2,1-3H3/b20-17-,29-26-,42-39-. The first-order valence-corrected chi connectivity index (χ1v) is 35.0. The number of carbonyl (C=O) groups excluding carboxylic acids is 3. The molecule has 0 aliphatic heterocycles. The molecule has 0 radical (unpaired) electrons. The lowest BCUT2D eigenvalue weighted by Gasteiger charge is -2.18. The molecule has 0 amide bonds. The van der Waals surface area contributed by atoms with Crippen LogP contribution in [0, 0.1) is 0 Å². The maximum absolute atomic E-state index is 12.9. The Balaban J connectivity index is 4.26. The quantitative estimate of drug-likeness (QED) is 0.0261. The summed E-state index contributed by atoms with van der Waals surface area (Å²) < 4.78 is 17.0. The summed E-state index contributed by atoms with van der Waals surface area (Å²) in [7, 11) is 0. The molecule has 0 fully saturated rings. The molecule has 0 N–H and O–H groups in total. The summed E-state index contributed by atoms with van der Waals surface area (Å²) in [6, 6.07) is 0. The molecule has 0 saturated carbocycles. The van der Waals surface area contributed by atoms with Gasteiger partial charge in [0.15, 0.2) is 6.10 Å². The van der Waals surface area contributed by atoms with Crippen molar-refractivity contribution in [3.63, 3.8) is 0 Å². The molecule has 0 aromatic rings. The van der Waals surface area contributed by atoms with Gasteiger partial charge in [-0.3, -0.25) is 14.4 Å². The maximum Gasteiger partial charge on any atom is 0.306 e. The first-order chi connectivity index (χ1) is 38.5. The molecule has 0 rings (SSSR count). The van der Waals surface area contributed by atoms with Crippen molar-refractivity contribution in [2.45, 2.75) is 393 Å². The molecule has 1 unspecified atom stereocenters. The molecule has 458 valence electrons. The van der Waals surface area contributed by atoms with Crippen molar-refractivity contribution in [2.75, 3.05) is 13.2 Å². The van der Waals surface area contributed by atoms with E-state index in [1.165, 1.54) is 270 Å². The number of esters is 3. The fraction of sp³-hybridized carbons (Fsp3) is 0.875. The summed E-state index contributed by atoms with van der Waals surface area (Å²) in [5, 5.41) is 0. The van der Waals surface area contributed by atoms with Crippen LogP contribution in [0.15, 0.2) is 36.5 Å². The van der Waals surface area contributed by atoms with Crippen LogP contribution in [0.1, 0.15) is 387 Å². The van der Waals surface area contributed by atoms with Gasteiger partial charge in [0.25, 0.3) is 0 Å². The fourth-order valence-corrected chi connectivity index (χ4v) is 10.6. The highest BCUT2D eigenvalue weighted by atomic mass is 16.6. The molecule has 0 aliphatic rings. The Morgan fingerprint density at radius 2 is 0.462 bits per heavy atom. The van der Waals surface area contributed by atoms with Crippen molar-refractivity contribution < 1.29 is 28.6 Å². The van der Waals surface area contributed by atoms with Crippen LogP contribution < -0.4 is 0 Å². The Hall–Kier alpha value is -2.37. The topological polar surface area (TPSA) is 78.9 Å². The van der Waals surface area contributed by atoms with E-state index < -0.39 is 6.10 Å². The minimum Gasteiger partial charge on any atom is -0.462 e. The van der Waals surface area contributed by atoms with Gasteiger partial charge in [0.1, 0.15) is 13.2 Å². The van der Waals surface area contributed by atoms with Gasteiger partial charge in [-0.15, -0.1) is 0 Å². The van der Waals surface area contributed by atoms with Gasteiger partial charge in [0.2, 0.25) is 0 Å². The maximum atomic E-state index is 12.9. The van der Waals surface area contributed by atoms with Gasteiger partial charge < -0.3 is 14.2 Å². The van der Waals surface area contributed by atoms with E-state index in [0.717, 1.165) is 77.0 Å². The second-order valence-electron chi connectivity index (χ2n) is 23.8. The van der Waals surface area contributed by atoms with Gasteiger partial charge in [-0.05, 0) is 57.8 Å². The van der Waals surface area contributed by atoms with Crippen LogP contribution in [0.5, 0.6) is 0 Å². The average Bonchev–Trinajstić information content (AvgIpc) is 3.44.